The third-order valence-electron chi connectivity index (χ3n) is 0.396. The number of rotatable bonds is 2. The first-order chi connectivity index (χ1) is 3.56. The molecule has 0 aromatic rings. The first-order valence-electron chi connectivity index (χ1n) is 1.86. The van der Waals surface area contributed by atoms with Crippen LogP contribution in [0.1, 0.15) is 0 Å². The van der Waals surface area contributed by atoms with Gasteiger partial charge in [0.1, 0.15) is 0 Å². The van der Waals surface area contributed by atoms with Gasteiger partial charge in [-0.05, 0) is 22.0 Å². The Morgan fingerprint density at radius 2 is 2.12 bits per heavy atom. The molecule has 0 N–H and O–H groups in total. The lowest BCUT2D eigenvalue weighted by atomic mass is 10.5. The highest BCUT2D eigenvalue weighted by Crippen LogP contribution is 2.22. The summed E-state index contributed by atoms with van der Waals surface area (Å²) in [5.41, 5.74) is 0. The molecule has 48 valence electrons. The first-order valence-corrected chi connectivity index (χ1v) is 3.19. The highest BCUT2D eigenvalue weighted by Gasteiger charge is 2.17. The predicted molar refractivity (Wildman–Crippen MR) is 33.7 cm³/mol. The summed E-state index contributed by atoms with van der Waals surface area (Å²) in [5.74, 6) is 0.112. The molecule has 0 radical (unpaired) electrons. The SMILES string of the molecule is FC(F)(Br)/C=C/CCl. The Hall–Kier alpha value is 0.370. The molecule has 0 aromatic heterocycles. The molecule has 0 aliphatic rings. The van der Waals surface area contributed by atoms with Crippen LogP contribution in [0.5, 0.6) is 0 Å². The van der Waals surface area contributed by atoms with Crippen molar-refractivity contribution in [3.8, 4) is 0 Å². The molecule has 0 amide bonds. The van der Waals surface area contributed by atoms with Crippen molar-refractivity contribution < 1.29 is 8.78 Å². The standard InChI is InChI=1S/C4H4BrClF2/c5-4(7,8)2-1-3-6/h1-2H,3H2/b2-1+. The van der Waals surface area contributed by atoms with Gasteiger partial charge in [0, 0.05) is 5.88 Å². The van der Waals surface area contributed by atoms with Gasteiger partial charge in [0.15, 0.2) is 0 Å². The minimum absolute atomic E-state index is 0.112. The van der Waals surface area contributed by atoms with Crippen LogP contribution in [-0.2, 0) is 0 Å². The fraction of sp³-hybridized carbons (Fsp3) is 0.500. The van der Waals surface area contributed by atoms with E-state index in [9.17, 15) is 8.78 Å². The van der Waals surface area contributed by atoms with E-state index in [1.54, 1.807) is 0 Å². The van der Waals surface area contributed by atoms with Crippen molar-refractivity contribution in [3.05, 3.63) is 12.2 Å². The third-order valence-corrected chi connectivity index (χ3v) is 0.838. The largest absolute Gasteiger partial charge is 0.319 e. The summed E-state index contributed by atoms with van der Waals surface area (Å²) in [4.78, 5) is -2.90. The van der Waals surface area contributed by atoms with Crippen LogP contribution >= 0.6 is 27.5 Å². The second kappa shape index (κ2) is 3.41. The van der Waals surface area contributed by atoms with Gasteiger partial charge in [-0.2, -0.15) is 8.78 Å². The summed E-state index contributed by atoms with van der Waals surface area (Å²) in [6, 6.07) is 0. The van der Waals surface area contributed by atoms with Crippen molar-refractivity contribution >= 4 is 27.5 Å². The van der Waals surface area contributed by atoms with E-state index in [0.29, 0.717) is 6.08 Å². The van der Waals surface area contributed by atoms with E-state index in [4.69, 9.17) is 11.6 Å². The van der Waals surface area contributed by atoms with Gasteiger partial charge < -0.3 is 0 Å². The van der Waals surface area contributed by atoms with Crippen LogP contribution in [0.15, 0.2) is 12.2 Å². The summed E-state index contributed by atoms with van der Waals surface area (Å²) >= 11 is 7.17. The molecule has 4 heteroatoms. The quantitative estimate of drug-likeness (QED) is 0.480. The van der Waals surface area contributed by atoms with Crippen LogP contribution in [0, 0.1) is 0 Å². The Morgan fingerprint density at radius 3 is 2.25 bits per heavy atom. The van der Waals surface area contributed by atoms with Gasteiger partial charge in [-0.25, -0.2) is 0 Å². The lowest BCUT2D eigenvalue weighted by Crippen LogP contribution is -1.96. The van der Waals surface area contributed by atoms with Crippen LogP contribution in [-0.4, -0.2) is 10.7 Å². The van der Waals surface area contributed by atoms with Gasteiger partial charge in [-0.3, -0.25) is 0 Å². The lowest BCUT2D eigenvalue weighted by molar-refractivity contribution is 0.171. The van der Waals surface area contributed by atoms with Gasteiger partial charge in [0.25, 0.3) is 0 Å². The molecule has 0 atom stereocenters. The fourth-order valence-corrected chi connectivity index (χ4v) is 0.454. The Kier molecular flexibility index (Phi) is 3.56. The van der Waals surface area contributed by atoms with Crippen molar-refractivity contribution in [2.45, 2.75) is 4.83 Å². The molecule has 0 saturated carbocycles. The van der Waals surface area contributed by atoms with Gasteiger partial charge >= 0.3 is 4.83 Å². The van der Waals surface area contributed by atoms with Gasteiger partial charge in [-0.1, -0.05) is 6.08 Å². The number of alkyl halides is 4. The summed E-state index contributed by atoms with van der Waals surface area (Å²) in [7, 11) is 0. The predicted octanol–water partition coefficient (Wildman–Crippen LogP) is 2.77. The Balaban J connectivity index is 3.52. The normalized spacial score (nSPS) is 13.0. The van der Waals surface area contributed by atoms with E-state index in [-0.39, 0.29) is 5.88 Å². The Bertz CT molecular complexity index is 86.5. The molecule has 0 rings (SSSR count). The van der Waals surface area contributed by atoms with Crippen molar-refractivity contribution in [1.82, 2.24) is 0 Å². The van der Waals surface area contributed by atoms with E-state index in [1.165, 1.54) is 6.08 Å². The van der Waals surface area contributed by atoms with E-state index in [0.717, 1.165) is 0 Å². The molecule has 0 aromatic carbocycles. The monoisotopic (exact) mass is 204 g/mol. The van der Waals surface area contributed by atoms with Crippen LogP contribution in [0.4, 0.5) is 8.78 Å². The molecule has 0 heterocycles. The molecule has 0 unspecified atom stereocenters. The van der Waals surface area contributed by atoms with E-state index >= 15 is 0 Å². The number of allylic oxidation sites excluding steroid dienone is 2. The van der Waals surface area contributed by atoms with Gasteiger partial charge in [-0.15, -0.1) is 11.6 Å². The summed E-state index contributed by atoms with van der Waals surface area (Å²) in [6.07, 6.45) is 1.87. The van der Waals surface area contributed by atoms with Gasteiger partial charge in [0.05, 0.1) is 0 Å². The first kappa shape index (κ1) is 8.37. The maximum absolute atomic E-state index is 11.7. The highest BCUT2D eigenvalue weighted by atomic mass is 79.9. The number of hydrogen-bond donors (Lipinski definition) is 0. The van der Waals surface area contributed by atoms with Crippen molar-refractivity contribution in [2.24, 2.45) is 0 Å². The minimum atomic E-state index is -2.90. The van der Waals surface area contributed by atoms with E-state index in [1.807, 2.05) is 0 Å². The third kappa shape index (κ3) is 6.37. The topological polar surface area (TPSA) is 0 Å². The maximum Gasteiger partial charge on any atom is 0.319 e. The number of halogens is 4. The smallest absolute Gasteiger partial charge is 0.189 e. The minimum Gasteiger partial charge on any atom is -0.189 e. The van der Waals surface area contributed by atoms with Crippen LogP contribution in [0.25, 0.3) is 0 Å². The average molecular weight is 205 g/mol. The van der Waals surface area contributed by atoms with Gasteiger partial charge in [0.2, 0.25) is 0 Å². The molecule has 0 nitrogen and oxygen atoms in total. The zero-order valence-electron chi connectivity index (χ0n) is 3.87. The lowest BCUT2D eigenvalue weighted by Gasteiger charge is -1.96. The molecule has 0 aliphatic carbocycles. The molecular weight excluding hydrogens is 201 g/mol. The summed E-state index contributed by atoms with van der Waals surface area (Å²) in [6.45, 7) is 0. The van der Waals surface area contributed by atoms with Crippen molar-refractivity contribution in [3.63, 3.8) is 0 Å². The Labute approximate surface area is 59.6 Å². The maximum atomic E-state index is 11.7. The molecular formula is C4H4BrClF2. The molecule has 0 saturated heterocycles. The van der Waals surface area contributed by atoms with Crippen molar-refractivity contribution in [2.75, 3.05) is 5.88 Å². The molecule has 0 spiro atoms. The summed E-state index contributed by atoms with van der Waals surface area (Å²) < 4.78 is 23.4. The van der Waals surface area contributed by atoms with Crippen LogP contribution in [0.3, 0.4) is 0 Å². The van der Waals surface area contributed by atoms with E-state index in [2.05, 4.69) is 15.9 Å². The summed E-state index contributed by atoms with van der Waals surface area (Å²) in [5, 5.41) is 0. The molecule has 0 bridgehead atoms. The second-order valence-electron chi connectivity index (χ2n) is 1.10. The second-order valence-corrected chi connectivity index (χ2v) is 2.46. The molecule has 0 fully saturated rings. The molecule has 0 aliphatic heterocycles. The van der Waals surface area contributed by atoms with Crippen LogP contribution < -0.4 is 0 Å². The zero-order valence-corrected chi connectivity index (χ0v) is 6.22. The zero-order chi connectivity index (χ0) is 6.62. The Morgan fingerprint density at radius 1 is 1.62 bits per heavy atom. The van der Waals surface area contributed by atoms with Crippen LogP contribution in [0.2, 0.25) is 0 Å². The van der Waals surface area contributed by atoms with E-state index < -0.39 is 4.83 Å². The average Bonchev–Trinajstić information content (AvgIpc) is 1.59. The molecule has 8 heavy (non-hydrogen) atoms. The highest BCUT2D eigenvalue weighted by molar-refractivity contribution is 9.10. The fourth-order valence-electron chi connectivity index (χ4n) is 0.178. The van der Waals surface area contributed by atoms with Crippen molar-refractivity contribution in [1.29, 1.82) is 0 Å². The number of hydrogen-bond acceptors (Lipinski definition) is 0.